The number of aryl methyl sites for hydroxylation is 1. The van der Waals surface area contributed by atoms with E-state index in [1.54, 1.807) is 12.1 Å². The van der Waals surface area contributed by atoms with E-state index in [-0.39, 0.29) is 16.7 Å². The van der Waals surface area contributed by atoms with E-state index in [9.17, 15) is 13.2 Å². The number of hydrogen-bond donors (Lipinski definition) is 1. The van der Waals surface area contributed by atoms with Gasteiger partial charge in [0.1, 0.15) is 13.2 Å². The number of sulfonamides is 1. The van der Waals surface area contributed by atoms with Crippen LogP contribution in [0.5, 0.6) is 11.5 Å². The van der Waals surface area contributed by atoms with Gasteiger partial charge >= 0.3 is 0 Å². The van der Waals surface area contributed by atoms with E-state index in [0.29, 0.717) is 25.3 Å². The monoisotopic (exact) mass is 495 g/mol. The van der Waals surface area contributed by atoms with E-state index < -0.39 is 10.0 Å². The van der Waals surface area contributed by atoms with Gasteiger partial charge in [-0.3, -0.25) is 9.69 Å². The number of ketones is 1. The summed E-state index contributed by atoms with van der Waals surface area (Å²) in [5, 5.41) is 5.22. The van der Waals surface area contributed by atoms with Gasteiger partial charge in [-0.05, 0) is 81.3 Å². The minimum atomic E-state index is -3.76. The van der Waals surface area contributed by atoms with Crippen molar-refractivity contribution in [1.82, 2.24) is 9.47 Å². The molecule has 2 aromatic carbocycles. The molecule has 0 spiro atoms. The molecule has 9 heteroatoms. The van der Waals surface area contributed by atoms with Crippen LogP contribution >= 0.6 is 0 Å². The molecule has 184 valence electrons. The zero-order valence-electron chi connectivity index (χ0n) is 19.9. The lowest BCUT2D eigenvalue weighted by molar-refractivity contribution is 0.0920. The fraction of sp³-hybridized carbons (Fsp3) is 0.346. The van der Waals surface area contributed by atoms with E-state index >= 15 is 0 Å². The molecule has 0 unspecified atom stereocenters. The van der Waals surface area contributed by atoms with Crippen LogP contribution in [0.4, 0.5) is 0 Å². The van der Waals surface area contributed by atoms with E-state index in [4.69, 9.17) is 14.6 Å². The molecule has 5 rings (SSSR count). The second kappa shape index (κ2) is 9.14. The third kappa shape index (κ3) is 4.59. The molecule has 3 heterocycles. The number of Topliss-reactive ketones (excluding diaryl/α,β-unsaturated/α-hetero) is 1. The lowest BCUT2D eigenvalue weighted by atomic mass is 10.0. The number of benzene rings is 2. The molecule has 2 aliphatic heterocycles. The molecule has 1 atom stereocenters. The first-order chi connectivity index (χ1) is 16.7. The van der Waals surface area contributed by atoms with Crippen LogP contribution in [0.2, 0.25) is 0 Å². The summed E-state index contributed by atoms with van der Waals surface area (Å²) in [5.41, 5.74) is 4.32. The zero-order chi connectivity index (χ0) is 24.7. The Balaban J connectivity index is 1.36. The maximum Gasteiger partial charge on any atom is 0.238 e. The number of fused-ring (bicyclic) bond motifs is 1. The molecule has 1 fully saturated rings. The van der Waals surface area contributed by atoms with Crippen molar-refractivity contribution in [1.29, 1.82) is 0 Å². The number of carbonyl (C=O) groups is 1. The van der Waals surface area contributed by atoms with Crippen LogP contribution < -0.4 is 14.6 Å². The SMILES string of the molecule is Cc1cc(C(=O)CN2CCC[C@H]2c2ccc3c(c2)OCCO3)c(C)n1-c1ccc(S(N)(=O)=O)cc1. The summed E-state index contributed by atoms with van der Waals surface area (Å²) < 4.78 is 36.5. The lowest BCUT2D eigenvalue weighted by Gasteiger charge is -2.26. The van der Waals surface area contributed by atoms with Crippen molar-refractivity contribution in [2.24, 2.45) is 5.14 Å². The van der Waals surface area contributed by atoms with Gasteiger partial charge in [-0.2, -0.15) is 0 Å². The molecule has 2 aliphatic rings. The Labute approximate surface area is 205 Å². The number of nitrogens with zero attached hydrogens (tertiary/aromatic N) is 2. The second-order valence-corrected chi connectivity index (χ2v) is 10.7. The molecule has 1 aromatic heterocycles. The highest BCUT2D eigenvalue weighted by atomic mass is 32.2. The van der Waals surface area contributed by atoms with Crippen molar-refractivity contribution in [3.8, 4) is 17.2 Å². The number of hydrogen-bond acceptors (Lipinski definition) is 6. The van der Waals surface area contributed by atoms with Gasteiger partial charge in [0, 0.05) is 28.7 Å². The molecule has 8 nitrogen and oxygen atoms in total. The van der Waals surface area contributed by atoms with Crippen molar-refractivity contribution in [3.05, 3.63) is 71.0 Å². The number of rotatable bonds is 6. The van der Waals surface area contributed by atoms with Crippen LogP contribution in [0.3, 0.4) is 0 Å². The van der Waals surface area contributed by atoms with Crippen molar-refractivity contribution in [3.63, 3.8) is 0 Å². The summed E-state index contributed by atoms with van der Waals surface area (Å²) >= 11 is 0. The highest BCUT2D eigenvalue weighted by Crippen LogP contribution is 2.38. The van der Waals surface area contributed by atoms with Gasteiger partial charge in [0.05, 0.1) is 11.4 Å². The van der Waals surface area contributed by atoms with E-state index in [1.165, 1.54) is 12.1 Å². The van der Waals surface area contributed by atoms with Crippen LogP contribution in [0.25, 0.3) is 5.69 Å². The largest absolute Gasteiger partial charge is 0.486 e. The van der Waals surface area contributed by atoms with E-state index in [2.05, 4.69) is 11.0 Å². The summed E-state index contributed by atoms with van der Waals surface area (Å²) in [5.74, 6) is 1.60. The first-order valence-corrected chi connectivity index (χ1v) is 13.3. The minimum Gasteiger partial charge on any atom is -0.486 e. The molecule has 0 bridgehead atoms. The van der Waals surface area contributed by atoms with Gasteiger partial charge in [-0.25, -0.2) is 13.6 Å². The van der Waals surface area contributed by atoms with Gasteiger partial charge in [0.15, 0.2) is 17.3 Å². The molecule has 0 saturated carbocycles. The molecular weight excluding hydrogens is 466 g/mol. The van der Waals surface area contributed by atoms with Gasteiger partial charge < -0.3 is 14.0 Å². The predicted octanol–water partition coefficient (Wildman–Crippen LogP) is 3.53. The molecule has 0 amide bonds. The molecule has 3 aromatic rings. The van der Waals surface area contributed by atoms with Crippen molar-refractivity contribution in [2.45, 2.75) is 37.6 Å². The van der Waals surface area contributed by atoms with Gasteiger partial charge in [0.2, 0.25) is 10.0 Å². The molecule has 0 aliphatic carbocycles. The fourth-order valence-electron chi connectivity index (χ4n) is 5.16. The highest BCUT2D eigenvalue weighted by Gasteiger charge is 2.30. The zero-order valence-corrected chi connectivity index (χ0v) is 20.7. The normalized spacial score (nSPS) is 18.1. The Morgan fingerprint density at radius 3 is 2.46 bits per heavy atom. The Kier molecular flexibility index (Phi) is 6.16. The van der Waals surface area contributed by atoms with Crippen molar-refractivity contribution in [2.75, 3.05) is 26.3 Å². The Hall–Kier alpha value is -3.14. The number of nitrogens with two attached hydrogens (primary N) is 1. The van der Waals surface area contributed by atoms with Gasteiger partial charge in [0.25, 0.3) is 0 Å². The molecule has 1 saturated heterocycles. The first kappa shape index (κ1) is 23.6. The first-order valence-electron chi connectivity index (χ1n) is 11.7. The van der Waals surface area contributed by atoms with Gasteiger partial charge in [-0.1, -0.05) is 6.07 Å². The number of likely N-dealkylation sites (tertiary alicyclic amines) is 1. The maximum atomic E-state index is 13.4. The average Bonchev–Trinajstić information content (AvgIpc) is 3.41. The van der Waals surface area contributed by atoms with Crippen LogP contribution in [0.1, 0.15) is 46.2 Å². The molecule has 2 N–H and O–H groups in total. The smallest absolute Gasteiger partial charge is 0.238 e. The second-order valence-electron chi connectivity index (χ2n) is 9.11. The van der Waals surface area contributed by atoms with Crippen LogP contribution in [-0.4, -0.2) is 50.0 Å². The predicted molar refractivity (Wildman–Crippen MR) is 132 cm³/mol. The minimum absolute atomic E-state index is 0.0548. The fourth-order valence-corrected chi connectivity index (χ4v) is 5.67. The van der Waals surface area contributed by atoms with E-state index in [0.717, 1.165) is 53.5 Å². The van der Waals surface area contributed by atoms with Crippen molar-refractivity contribution >= 4 is 15.8 Å². The quantitative estimate of drug-likeness (QED) is 0.525. The van der Waals surface area contributed by atoms with Crippen molar-refractivity contribution < 1.29 is 22.7 Å². The number of ether oxygens (including phenoxy) is 2. The molecular formula is C26H29N3O5S. The summed E-state index contributed by atoms with van der Waals surface area (Å²) in [4.78, 5) is 15.7. The molecule has 35 heavy (non-hydrogen) atoms. The summed E-state index contributed by atoms with van der Waals surface area (Å²) in [6.45, 7) is 6.14. The third-order valence-corrected chi connectivity index (χ3v) is 7.75. The van der Waals surface area contributed by atoms with Gasteiger partial charge in [-0.15, -0.1) is 0 Å². The number of primary sulfonamides is 1. The topological polar surface area (TPSA) is 104 Å². The summed E-state index contributed by atoms with van der Waals surface area (Å²) in [6, 6.07) is 14.5. The molecule has 0 radical (unpaired) electrons. The summed E-state index contributed by atoms with van der Waals surface area (Å²) in [7, 11) is -3.76. The third-order valence-electron chi connectivity index (χ3n) is 6.82. The van der Waals surface area contributed by atoms with E-state index in [1.807, 2.05) is 36.6 Å². The average molecular weight is 496 g/mol. The Morgan fingerprint density at radius 1 is 1.03 bits per heavy atom. The standard InChI is InChI=1S/C26H29N3O5S/c1-17-14-22(18(2)29(17)20-6-8-21(9-7-20)35(27,31)32)24(30)16-28-11-3-4-23(28)19-5-10-25-26(15-19)34-13-12-33-25/h5-10,14-15,23H,3-4,11-13,16H2,1-2H3,(H2,27,31,32)/t23-/m0/s1. The van der Waals surface area contributed by atoms with Crippen LogP contribution in [0.15, 0.2) is 53.4 Å². The summed E-state index contributed by atoms with van der Waals surface area (Å²) in [6.07, 6.45) is 2.02. The Morgan fingerprint density at radius 2 is 1.74 bits per heavy atom. The van der Waals surface area contributed by atoms with Crippen LogP contribution in [0, 0.1) is 13.8 Å². The number of carbonyl (C=O) groups excluding carboxylic acids is 1. The highest BCUT2D eigenvalue weighted by molar-refractivity contribution is 7.89. The number of aromatic nitrogens is 1. The lowest BCUT2D eigenvalue weighted by Crippen LogP contribution is -2.30. The Bertz CT molecular complexity index is 1380. The van der Waals surface area contributed by atoms with Crippen LogP contribution in [-0.2, 0) is 10.0 Å². The maximum absolute atomic E-state index is 13.4.